The van der Waals surface area contributed by atoms with Gasteiger partial charge in [0.1, 0.15) is 0 Å². The summed E-state index contributed by atoms with van der Waals surface area (Å²) in [5.74, 6) is -0.338. The van der Waals surface area contributed by atoms with Gasteiger partial charge in [0, 0.05) is 13.1 Å². The molecule has 1 aromatic carbocycles. The molecule has 4 nitrogen and oxygen atoms in total. The number of para-hydroxylation sites is 1. The van der Waals surface area contributed by atoms with Gasteiger partial charge in [0.05, 0.1) is 24.5 Å². The predicted molar refractivity (Wildman–Crippen MR) is 74.4 cm³/mol. The van der Waals surface area contributed by atoms with E-state index in [0.717, 1.165) is 18.7 Å². The Kier molecular flexibility index (Phi) is 3.80. The highest BCUT2D eigenvalue weighted by Crippen LogP contribution is 2.33. The number of hydrogen-bond donors (Lipinski definition) is 1. The summed E-state index contributed by atoms with van der Waals surface area (Å²) in [5, 5.41) is 10.2. The number of carbonyl (C=O) groups is 1. The van der Waals surface area contributed by atoms with Gasteiger partial charge in [-0.05, 0) is 24.0 Å². The Hall–Kier alpha value is -1.55. The topological polar surface area (TPSA) is 49.8 Å². The SMILES string of the molecule is COC(=O)c1ccccc1N1CCC(C)(C)C(O)C1. The quantitative estimate of drug-likeness (QED) is 0.830. The summed E-state index contributed by atoms with van der Waals surface area (Å²) in [7, 11) is 1.38. The lowest BCUT2D eigenvalue weighted by Crippen LogP contribution is -2.48. The molecule has 1 heterocycles. The third kappa shape index (κ3) is 2.73. The summed E-state index contributed by atoms with van der Waals surface area (Å²) in [6, 6.07) is 7.37. The van der Waals surface area contributed by atoms with Gasteiger partial charge in [-0.15, -0.1) is 0 Å². The fraction of sp³-hybridized carbons (Fsp3) is 0.533. The van der Waals surface area contributed by atoms with Crippen LogP contribution < -0.4 is 4.90 Å². The van der Waals surface area contributed by atoms with Crippen molar-refractivity contribution in [1.82, 2.24) is 0 Å². The van der Waals surface area contributed by atoms with Crippen molar-refractivity contribution in [3.8, 4) is 0 Å². The average molecular weight is 263 g/mol. The molecule has 0 aliphatic carbocycles. The minimum atomic E-state index is -0.396. The molecule has 0 saturated carbocycles. The van der Waals surface area contributed by atoms with Crippen LogP contribution >= 0.6 is 0 Å². The molecule has 2 rings (SSSR count). The standard InChI is InChI=1S/C15H21NO3/c1-15(2)8-9-16(10-13(15)17)12-7-5-4-6-11(12)14(18)19-3/h4-7,13,17H,8-10H2,1-3H3. The van der Waals surface area contributed by atoms with Crippen LogP contribution in [0.1, 0.15) is 30.6 Å². The summed E-state index contributed by atoms with van der Waals surface area (Å²) in [6.07, 6.45) is 0.496. The molecule has 0 aromatic heterocycles. The number of hydrogen-bond acceptors (Lipinski definition) is 4. The second-order valence-corrected chi connectivity index (χ2v) is 5.71. The Morgan fingerprint density at radius 1 is 1.42 bits per heavy atom. The summed E-state index contributed by atoms with van der Waals surface area (Å²) in [6.45, 7) is 5.52. The molecule has 19 heavy (non-hydrogen) atoms. The molecule has 1 aromatic rings. The van der Waals surface area contributed by atoms with Crippen LogP contribution in [0, 0.1) is 5.41 Å². The maximum atomic E-state index is 11.8. The van der Waals surface area contributed by atoms with Gasteiger partial charge in [0.2, 0.25) is 0 Å². The highest BCUT2D eigenvalue weighted by molar-refractivity contribution is 5.95. The van der Waals surface area contributed by atoms with Crippen molar-refractivity contribution in [2.45, 2.75) is 26.4 Å². The maximum absolute atomic E-state index is 11.8. The second kappa shape index (κ2) is 5.21. The third-order valence-electron chi connectivity index (χ3n) is 3.97. The first-order valence-electron chi connectivity index (χ1n) is 6.56. The summed E-state index contributed by atoms with van der Waals surface area (Å²) >= 11 is 0. The Balaban J connectivity index is 2.26. The molecule has 1 unspecified atom stereocenters. The largest absolute Gasteiger partial charge is 0.465 e. The highest BCUT2D eigenvalue weighted by atomic mass is 16.5. The zero-order valence-electron chi connectivity index (χ0n) is 11.7. The van der Waals surface area contributed by atoms with Crippen LogP contribution in [0.25, 0.3) is 0 Å². The number of anilines is 1. The Morgan fingerprint density at radius 3 is 2.74 bits per heavy atom. The number of β-amino-alcohol motifs (C(OH)–C–C–N with tert-alkyl or cyclic N) is 1. The Bertz CT molecular complexity index is 470. The first-order valence-corrected chi connectivity index (χ1v) is 6.56. The van der Waals surface area contributed by atoms with Crippen LogP contribution in [0.5, 0.6) is 0 Å². The number of ether oxygens (including phenoxy) is 1. The number of nitrogens with zero attached hydrogens (tertiary/aromatic N) is 1. The Labute approximate surface area is 114 Å². The average Bonchev–Trinajstić information content (AvgIpc) is 2.41. The van der Waals surface area contributed by atoms with E-state index in [1.807, 2.05) is 18.2 Å². The monoisotopic (exact) mass is 263 g/mol. The van der Waals surface area contributed by atoms with E-state index in [-0.39, 0.29) is 11.4 Å². The van der Waals surface area contributed by atoms with Gasteiger partial charge < -0.3 is 14.7 Å². The van der Waals surface area contributed by atoms with Crippen molar-refractivity contribution in [1.29, 1.82) is 0 Å². The van der Waals surface area contributed by atoms with Gasteiger partial charge in [0.25, 0.3) is 0 Å². The lowest BCUT2D eigenvalue weighted by molar-refractivity contribution is 0.0349. The molecule has 0 amide bonds. The fourth-order valence-electron chi connectivity index (χ4n) is 2.39. The number of esters is 1. The number of aliphatic hydroxyl groups is 1. The van der Waals surface area contributed by atoms with Gasteiger partial charge in [-0.3, -0.25) is 0 Å². The van der Waals surface area contributed by atoms with Crippen molar-refractivity contribution in [2.75, 3.05) is 25.1 Å². The number of benzene rings is 1. The van der Waals surface area contributed by atoms with Crippen LogP contribution in [0.3, 0.4) is 0 Å². The minimum Gasteiger partial charge on any atom is -0.465 e. The first-order chi connectivity index (χ1) is 8.95. The van der Waals surface area contributed by atoms with Crippen LogP contribution in [-0.2, 0) is 4.74 Å². The number of carbonyl (C=O) groups excluding carboxylic acids is 1. The van der Waals surface area contributed by atoms with Crippen LogP contribution in [0.2, 0.25) is 0 Å². The van der Waals surface area contributed by atoms with Gasteiger partial charge in [0.15, 0.2) is 0 Å². The van der Waals surface area contributed by atoms with Crippen molar-refractivity contribution in [2.24, 2.45) is 5.41 Å². The molecule has 4 heteroatoms. The van der Waals surface area contributed by atoms with E-state index >= 15 is 0 Å². The summed E-state index contributed by atoms with van der Waals surface area (Å²) in [4.78, 5) is 13.8. The highest BCUT2D eigenvalue weighted by Gasteiger charge is 2.35. The lowest BCUT2D eigenvalue weighted by atomic mass is 9.80. The number of piperidine rings is 1. The Morgan fingerprint density at radius 2 is 2.11 bits per heavy atom. The number of aliphatic hydroxyl groups excluding tert-OH is 1. The molecule has 0 spiro atoms. The molecule has 1 atom stereocenters. The van der Waals surface area contributed by atoms with E-state index in [0.29, 0.717) is 12.1 Å². The van der Waals surface area contributed by atoms with Gasteiger partial charge in [-0.1, -0.05) is 26.0 Å². The lowest BCUT2D eigenvalue weighted by Gasteiger charge is -2.42. The van der Waals surface area contributed by atoms with Gasteiger partial charge in [-0.25, -0.2) is 4.79 Å². The van der Waals surface area contributed by atoms with Crippen molar-refractivity contribution in [3.63, 3.8) is 0 Å². The van der Waals surface area contributed by atoms with E-state index in [2.05, 4.69) is 18.7 Å². The van der Waals surface area contributed by atoms with E-state index in [1.54, 1.807) is 6.07 Å². The number of methoxy groups -OCH3 is 1. The molecule has 1 saturated heterocycles. The van der Waals surface area contributed by atoms with E-state index < -0.39 is 6.10 Å². The van der Waals surface area contributed by atoms with Gasteiger partial charge in [-0.2, -0.15) is 0 Å². The summed E-state index contributed by atoms with van der Waals surface area (Å²) in [5.41, 5.74) is 1.32. The zero-order chi connectivity index (χ0) is 14.0. The number of rotatable bonds is 2. The third-order valence-corrected chi connectivity index (χ3v) is 3.97. The van der Waals surface area contributed by atoms with Crippen LogP contribution in [0.4, 0.5) is 5.69 Å². The molecule has 1 aliphatic heterocycles. The molecule has 104 valence electrons. The normalized spacial score (nSPS) is 22.1. The molecule has 0 radical (unpaired) electrons. The van der Waals surface area contributed by atoms with Crippen LogP contribution in [0.15, 0.2) is 24.3 Å². The minimum absolute atomic E-state index is 0.0727. The van der Waals surface area contributed by atoms with Crippen LogP contribution in [-0.4, -0.2) is 37.4 Å². The zero-order valence-corrected chi connectivity index (χ0v) is 11.7. The van der Waals surface area contributed by atoms with E-state index in [4.69, 9.17) is 4.74 Å². The van der Waals surface area contributed by atoms with Crippen molar-refractivity contribution in [3.05, 3.63) is 29.8 Å². The molecular weight excluding hydrogens is 242 g/mol. The van der Waals surface area contributed by atoms with Gasteiger partial charge >= 0.3 is 5.97 Å². The summed E-state index contributed by atoms with van der Waals surface area (Å²) < 4.78 is 4.81. The smallest absolute Gasteiger partial charge is 0.339 e. The molecule has 1 fully saturated rings. The fourth-order valence-corrected chi connectivity index (χ4v) is 2.39. The maximum Gasteiger partial charge on any atom is 0.339 e. The molecule has 0 bridgehead atoms. The van der Waals surface area contributed by atoms with E-state index in [9.17, 15) is 9.90 Å². The second-order valence-electron chi connectivity index (χ2n) is 5.71. The predicted octanol–water partition coefficient (Wildman–Crippen LogP) is 2.07. The van der Waals surface area contributed by atoms with Crippen molar-refractivity contribution >= 4 is 11.7 Å². The van der Waals surface area contributed by atoms with Crippen molar-refractivity contribution < 1.29 is 14.6 Å². The molecule has 1 N–H and O–H groups in total. The first kappa shape index (κ1) is 13.9. The molecular formula is C15H21NO3. The van der Waals surface area contributed by atoms with E-state index in [1.165, 1.54) is 7.11 Å². The molecule has 1 aliphatic rings.